The van der Waals surface area contributed by atoms with Crippen molar-refractivity contribution in [1.29, 1.82) is 0 Å². The number of amides is 1. The molecule has 1 amide bonds. The first kappa shape index (κ1) is 15.9. The van der Waals surface area contributed by atoms with E-state index in [2.05, 4.69) is 10.3 Å². The zero-order chi connectivity index (χ0) is 16.5. The Bertz CT molecular complexity index is 854. The van der Waals surface area contributed by atoms with E-state index in [0.29, 0.717) is 15.9 Å². The lowest BCUT2D eigenvalue weighted by Crippen LogP contribution is -2.42. The van der Waals surface area contributed by atoms with Crippen LogP contribution in [0.25, 0.3) is 10.1 Å². The van der Waals surface area contributed by atoms with Gasteiger partial charge in [0.25, 0.3) is 5.91 Å². The Morgan fingerprint density at radius 1 is 1.29 bits per heavy atom. The van der Waals surface area contributed by atoms with Crippen LogP contribution in [-0.2, 0) is 0 Å². The topological polar surface area (TPSA) is 45.2 Å². The standard InChI is InChI=1S/C17H16ClN3OS2/c18-14-12-3-1-2-4-13(12)24-15(14)16(22)21-8-5-11(6-9-21)20-17-19-7-10-23-17/h1-4,7,10-11H,5-6,8-9H2,(H,19,20). The number of likely N-dealkylation sites (tertiary alicyclic amines) is 1. The number of anilines is 1. The number of halogens is 1. The number of nitrogens with one attached hydrogen (secondary N) is 1. The van der Waals surface area contributed by atoms with Gasteiger partial charge in [0, 0.05) is 40.8 Å². The minimum absolute atomic E-state index is 0.0499. The maximum Gasteiger partial charge on any atom is 0.265 e. The van der Waals surface area contributed by atoms with E-state index >= 15 is 0 Å². The number of carbonyl (C=O) groups excluding carboxylic acids is 1. The molecule has 1 aliphatic heterocycles. The molecule has 7 heteroatoms. The van der Waals surface area contributed by atoms with E-state index in [1.165, 1.54) is 11.3 Å². The molecule has 0 saturated carbocycles. The fourth-order valence-electron chi connectivity index (χ4n) is 2.99. The van der Waals surface area contributed by atoms with Gasteiger partial charge in [-0.15, -0.1) is 22.7 Å². The molecule has 0 aliphatic carbocycles. The van der Waals surface area contributed by atoms with E-state index < -0.39 is 0 Å². The van der Waals surface area contributed by atoms with Crippen molar-refractivity contribution in [2.75, 3.05) is 18.4 Å². The highest BCUT2D eigenvalue weighted by Gasteiger charge is 2.27. The molecule has 1 aromatic carbocycles. The zero-order valence-corrected chi connectivity index (χ0v) is 15.3. The molecular weight excluding hydrogens is 362 g/mol. The molecule has 1 saturated heterocycles. The number of nitrogens with zero attached hydrogens (tertiary/aromatic N) is 2. The van der Waals surface area contributed by atoms with Crippen molar-refractivity contribution in [1.82, 2.24) is 9.88 Å². The highest BCUT2D eigenvalue weighted by Crippen LogP contribution is 2.36. The van der Waals surface area contributed by atoms with E-state index in [0.717, 1.165) is 41.1 Å². The third kappa shape index (κ3) is 3.01. The first-order valence-electron chi connectivity index (χ1n) is 7.84. The Hall–Kier alpha value is -1.63. The second-order valence-electron chi connectivity index (χ2n) is 5.79. The predicted molar refractivity (Wildman–Crippen MR) is 101 cm³/mol. The summed E-state index contributed by atoms with van der Waals surface area (Å²) < 4.78 is 1.06. The van der Waals surface area contributed by atoms with Gasteiger partial charge in [0.05, 0.1) is 5.02 Å². The molecule has 3 heterocycles. The van der Waals surface area contributed by atoms with Crippen LogP contribution in [0.15, 0.2) is 35.8 Å². The summed E-state index contributed by atoms with van der Waals surface area (Å²) in [5.74, 6) is 0.0499. The van der Waals surface area contributed by atoms with Crippen LogP contribution in [0.1, 0.15) is 22.5 Å². The van der Waals surface area contributed by atoms with Crippen molar-refractivity contribution in [2.24, 2.45) is 0 Å². The van der Waals surface area contributed by atoms with Gasteiger partial charge in [0.2, 0.25) is 0 Å². The van der Waals surface area contributed by atoms with Crippen molar-refractivity contribution in [3.05, 3.63) is 45.7 Å². The summed E-state index contributed by atoms with van der Waals surface area (Å²) in [6.07, 6.45) is 3.65. The van der Waals surface area contributed by atoms with E-state index in [1.54, 1.807) is 17.5 Å². The highest BCUT2D eigenvalue weighted by molar-refractivity contribution is 7.21. The molecule has 1 aliphatic rings. The van der Waals surface area contributed by atoms with Gasteiger partial charge < -0.3 is 10.2 Å². The summed E-state index contributed by atoms with van der Waals surface area (Å²) in [4.78, 5) is 19.7. The normalized spacial score (nSPS) is 15.8. The number of thiazole rings is 1. The summed E-state index contributed by atoms with van der Waals surface area (Å²) in [5.41, 5.74) is 0. The Morgan fingerprint density at radius 2 is 2.08 bits per heavy atom. The number of rotatable bonds is 3. The van der Waals surface area contributed by atoms with Crippen molar-refractivity contribution < 1.29 is 4.79 Å². The molecule has 1 N–H and O–H groups in total. The lowest BCUT2D eigenvalue weighted by Gasteiger charge is -2.32. The molecule has 4 rings (SSSR count). The molecule has 0 bridgehead atoms. The zero-order valence-electron chi connectivity index (χ0n) is 12.9. The van der Waals surface area contributed by atoms with E-state index in [-0.39, 0.29) is 5.91 Å². The van der Waals surface area contributed by atoms with Crippen LogP contribution in [0.3, 0.4) is 0 Å². The van der Waals surface area contributed by atoms with E-state index in [9.17, 15) is 4.79 Å². The van der Waals surface area contributed by atoms with Crippen LogP contribution in [0, 0.1) is 0 Å². The van der Waals surface area contributed by atoms with Gasteiger partial charge in [-0.3, -0.25) is 4.79 Å². The molecule has 24 heavy (non-hydrogen) atoms. The number of hydrogen-bond acceptors (Lipinski definition) is 5. The van der Waals surface area contributed by atoms with Crippen LogP contribution >= 0.6 is 34.3 Å². The third-order valence-electron chi connectivity index (χ3n) is 4.27. The Kier molecular flexibility index (Phi) is 4.43. The number of benzene rings is 1. The SMILES string of the molecule is O=C(c1sc2ccccc2c1Cl)N1CCC(Nc2nccs2)CC1. The molecule has 0 unspecified atom stereocenters. The molecule has 124 valence electrons. The number of aromatic nitrogens is 1. The fraction of sp³-hybridized carbons (Fsp3) is 0.294. The molecule has 4 nitrogen and oxygen atoms in total. The summed E-state index contributed by atoms with van der Waals surface area (Å²) in [5, 5.41) is 7.91. The number of carbonyl (C=O) groups is 1. The molecule has 0 atom stereocenters. The Morgan fingerprint density at radius 3 is 2.79 bits per heavy atom. The lowest BCUT2D eigenvalue weighted by atomic mass is 10.1. The molecule has 2 aromatic heterocycles. The van der Waals surface area contributed by atoms with Gasteiger partial charge in [0.15, 0.2) is 5.13 Å². The van der Waals surface area contributed by atoms with Crippen molar-refractivity contribution in [3.63, 3.8) is 0 Å². The van der Waals surface area contributed by atoms with Crippen LogP contribution in [0.2, 0.25) is 5.02 Å². The minimum atomic E-state index is 0.0499. The summed E-state index contributed by atoms with van der Waals surface area (Å²) in [7, 11) is 0. The lowest BCUT2D eigenvalue weighted by molar-refractivity contribution is 0.0723. The summed E-state index contributed by atoms with van der Waals surface area (Å²) in [6, 6.07) is 8.27. The van der Waals surface area contributed by atoms with Gasteiger partial charge in [0.1, 0.15) is 4.88 Å². The first-order chi connectivity index (χ1) is 11.7. The van der Waals surface area contributed by atoms with Crippen LogP contribution in [-0.4, -0.2) is 34.9 Å². The maximum absolute atomic E-state index is 12.8. The van der Waals surface area contributed by atoms with Crippen LogP contribution in [0.4, 0.5) is 5.13 Å². The first-order valence-corrected chi connectivity index (χ1v) is 9.92. The molecule has 0 radical (unpaired) electrons. The average Bonchev–Trinajstić information content (AvgIpc) is 3.23. The summed E-state index contributed by atoms with van der Waals surface area (Å²) >= 11 is 9.53. The van der Waals surface area contributed by atoms with Crippen molar-refractivity contribution in [2.45, 2.75) is 18.9 Å². The van der Waals surface area contributed by atoms with Gasteiger partial charge >= 0.3 is 0 Å². The second kappa shape index (κ2) is 6.70. The highest BCUT2D eigenvalue weighted by atomic mass is 35.5. The molecule has 0 spiro atoms. The minimum Gasteiger partial charge on any atom is -0.359 e. The van der Waals surface area contributed by atoms with E-state index in [4.69, 9.17) is 11.6 Å². The molecular formula is C17H16ClN3OS2. The quantitative estimate of drug-likeness (QED) is 0.717. The number of fused-ring (bicyclic) bond motifs is 1. The smallest absolute Gasteiger partial charge is 0.265 e. The van der Waals surface area contributed by atoms with Crippen LogP contribution in [0.5, 0.6) is 0 Å². The fourth-order valence-corrected chi connectivity index (χ4v) is 5.08. The molecule has 3 aromatic rings. The van der Waals surface area contributed by atoms with Gasteiger partial charge in [-0.05, 0) is 18.9 Å². The predicted octanol–water partition coefficient (Wildman–Crippen LogP) is 4.73. The number of thiophene rings is 1. The monoisotopic (exact) mass is 377 g/mol. The maximum atomic E-state index is 12.8. The Labute approximate surface area is 153 Å². The average molecular weight is 378 g/mol. The second-order valence-corrected chi connectivity index (χ2v) is 8.11. The number of piperidine rings is 1. The van der Waals surface area contributed by atoms with Crippen LogP contribution < -0.4 is 5.32 Å². The molecule has 1 fully saturated rings. The van der Waals surface area contributed by atoms with Gasteiger partial charge in [-0.1, -0.05) is 29.8 Å². The van der Waals surface area contributed by atoms with Crippen molar-refractivity contribution >= 4 is 55.4 Å². The number of hydrogen-bond donors (Lipinski definition) is 1. The van der Waals surface area contributed by atoms with Crippen molar-refractivity contribution in [3.8, 4) is 0 Å². The summed E-state index contributed by atoms with van der Waals surface area (Å²) in [6.45, 7) is 1.49. The van der Waals surface area contributed by atoms with E-state index in [1.807, 2.05) is 34.5 Å². The third-order valence-corrected chi connectivity index (χ3v) is 6.64. The Balaban J connectivity index is 1.45. The van der Waals surface area contributed by atoms with Gasteiger partial charge in [-0.2, -0.15) is 0 Å². The largest absolute Gasteiger partial charge is 0.359 e. The van der Waals surface area contributed by atoms with Gasteiger partial charge in [-0.25, -0.2) is 4.98 Å².